The zero-order valence-electron chi connectivity index (χ0n) is 7.61. The number of rotatable bonds is 2. The summed E-state index contributed by atoms with van der Waals surface area (Å²) in [5.74, 6) is 0. The number of hydrogen-bond donors (Lipinski definition) is 1. The van der Waals surface area contributed by atoms with Crippen molar-refractivity contribution in [1.82, 2.24) is 13.9 Å². The molecule has 2 heterocycles. The summed E-state index contributed by atoms with van der Waals surface area (Å²) in [4.78, 5) is 25.7. The van der Waals surface area contributed by atoms with Gasteiger partial charge in [-0.25, -0.2) is 4.79 Å². The van der Waals surface area contributed by atoms with Crippen LogP contribution in [-0.4, -0.2) is 13.9 Å². The van der Waals surface area contributed by atoms with Crippen molar-refractivity contribution in [3.63, 3.8) is 0 Å². The minimum atomic E-state index is -0.357. The van der Waals surface area contributed by atoms with E-state index in [0.717, 1.165) is 6.42 Å². The lowest BCUT2D eigenvalue weighted by Crippen LogP contribution is -2.34. The van der Waals surface area contributed by atoms with E-state index in [1.165, 1.54) is 16.1 Å². The first kappa shape index (κ1) is 9.14. The van der Waals surface area contributed by atoms with Gasteiger partial charge in [0.25, 0.3) is 5.56 Å². The molecule has 2 aromatic heterocycles. The normalized spacial score (nSPS) is 10.9. The minimum Gasteiger partial charge on any atom is -0.304 e. The van der Waals surface area contributed by atoms with Crippen LogP contribution in [0.15, 0.2) is 15.0 Å². The molecule has 14 heavy (non-hydrogen) atoms. The molecule has 0 aliphatic rings. The second kappa shape index (κ2) is 3.38. The maximum absolute atomic E-state index is 11.7. The SMILES string of the molecule is CCCn1c(=O)[nH]c2csnc2c1=O. The van der Waals surface area contributed by atoms with Gasteiger partial charge in [0.1, 0.15) is 0 Å². The average Bonchev–Trinajstić information content (AvgIpc) is 2.60. The van der Waals surface area contributed by atoms with E-state index in [0.29, 0.717) is 17.6 Å². The third kappa shape index (κ3) is 1.27. The number of aromatic nitrogens is 3. The lowest BCUT2D eigenvalue weighted by Gasteiger charge is -2.00. The lowest BCUT2D eigenvalue weighted by atomic mass is 10.4. The molecule has 0 atom stereocenters. The molecule has 0 radical (unpaired) electrons. The summed E-state index contributed by atoms with van der Waals surface area (Å²) in [6, 6.07) is 0. The largest absolute Gasteiger partial charge is 0.328 e. The van der Waals surface area contributed by atoms with Crippen LogP contribution in [0.5, 0.6) is 0 Å². The molecule has 0 amide bonds. The highest BCUT2D eigenvalue weighted by molar-refractivity contribution is 7.04. The summed E-state index contributed by atoms with van der Waals surface area (Å²) in [6.07, 6.45) is 0.749. The summed E-state index contributed by atoms with van der Waals surface area (Å²) in [7, 11) is 0. The molecule has 0 unspecified atom stereocenters. The zero-order chi connectivity index (χ0) is 10.1. The summed E-state index contributed by atoms with van der Waals surface area (Å²) in [5.41, 5.74) is 0.219. The van der Waals surface area contributed by atoms with Crippen LogP contribution in [0.3, 0.4) is 0 Å². The Morgan fingerprint density at radius 1 is 1.57 bits per heavy atom. The van der Waals surface area contributed by atoms with Gasteiger partial charge in [-0.1, -0.05) is 6.92 Å². The average molecular weight is 211 g/mol. The lowest BCUT2D eigenvalue weighted by molar-refractivity contribution is 0.622. The van der Waals surface area contributed by atoms with Crippen LogP contribution in [0.25, 0.3) is 11.0 Å². The van der Waals surface area contributed by atoms with E-state index in [4.69, 9.17) is 0 Å². The minimum absolute atomic E-state index is 0.299. The summed E-state index contributed by atoms with van der Waals surface area (Å²) in [5, 5.41) is 1.66. The fourth-order valence-corrected chi connectivity index (χ4v) is 1.92. The Bertz CT molecular complexity index is 566. The first-order chi connectivity index (χ1) is 6.74. The van der Waals surface area contributed by atoms with Gasteiger partial charge in [-0.05, 0) is 18.0 Å². The summed E-state index contributed by atoms with van der Waals surface area (Å²) in [6.45, 7) is 2.35. The molecule has 6 heteroatoms. The summed E-state index contributed by atoms with van der Waals surface area (Å²) < 4.78 is 5.12. The maximum Gasteiger partial charge on any atom is 0.328 e. The van der Waals surface area contributed by atoms with Crippen molar-refractivity contribution in [1.29, 1.82) is 0 Å². The van der Waals surface area contributed by atoms with Crippen LogP contribution in [0.4, 0.5) is 0 Å². The van der Waals surface area contributed by atoms with Crippen molar-refractivity contribution >= 4 is 22.6 Å². The molecule has 0 aliphatic heterocycles. The number of nitrogens with zero attached hydrogens (tertiary/aromatic N) is 2. The zero-order valence-corrected chi connectivity index (χ0v) is 8.43. The van der Waals surface area contributed by atoms with E-state index in [1.807, 2.05) is 6.92 Å². The van der Waals surface area contributed by atoms with E-state index in [9.17, 15) is 9.59 Å². The van der Waals surface area contributed by atoms with Gasteiger partial charge in [0.05, 0.1) is 5.52 Å². The molecular formula is C8H9N3O2S. The van der Waals surface area contributed by atoms with Gasteiger partial charge < -0.3 is 4.98 Å². The van der Waals surface area contributed by atoms with Crippen LogP contribution in [0.1, 0.15) is 13.3 Å². The molecule has 1 N–H and O–H groups in total. The third-order valence-corrected chi connectivity index (χ3v) is 2.58. The highest BCUT2D eigenvalue weighted by Crippen LogP contribution is 2.05. The second-order valence-electron chi connectivity index (χ2n) is 2.96. The Balaban J connectivity index is 2.83. The molecule has 0 fully saturated rings. The molecular weight excluding hydrogens is 202 g/mol. The van der Waals surface area contributed by atoms with E-state index >= 15 is 0 Å². The van der Waals surface area contributed by atoms with E-state index in [2.05, 4.69) is 9.36 Å². The number of nitrogens with one attached hydrogen (secondary N) is 1. The fourth-order valence-electron chi connectivity index (χ4n) is 1.31. The van der Waals surface area contributed by atoms with Gasteiger partial charge in [0.2, 0.25) is 0 Å². The van der Waals surface area contributed by atoms with E-state index in [-0.39, 0.29) is 11.2 Å². The van der Waals surface area contributed by atoms with Gasteiger partial charge in [-0.15, -0.1) is 0 Å². The molecule has 2 aromatic rings. The molecule has 0 aliphatic carbocycles. The summed E-state index contributed by atoms with van der Waals surface area (Å²) >= 11 is 1.17. The molecule has 0 bridgehead atoms. The van der Waals surface area contributed by atoms with Crippen molar-refractivity contribution < 1.29 is 0 Å². The van der Waals surface area contributed by atoms with Gasteiger partial charge in [-0.2, -0.15) is 4.37 Å². The van der Waals surface area contributed by atoms with Crippen molar-refractivity contribution in [3.8, 4) is 0 Å². The predicted molar refractivity (Wildman–Crippen MR) is 54.8 cm³/mol. The number of fused-ring (bicyclic) bond motifs is 1. The van der Waals surface area contributed by atoms with Crippen LogP contribution >= 0.6 is 11.5 Å². The van der Waals surface area contributed by atoms with Gasteiger partial charge in [0, 0.05) is 11.9 Å². The Kier molecular flexibility index (Phi) is 2.20. The second-order valence-corrected chi connectivity index (χ2v) is 3.59. The van der Waals surface area contributed by atoms with E-state index < -0.39 is 0 Å². The Morgan fingerprint density at radius 2 is 2.36 bits per heavy atom. The standard InChI is InChI=1S/C8H9N3O2S/c1-2-3-11-7(12)6-5(4-14-10-6)9-8(11)13/h4H,2-3H2,1H3,(H,9,13). The first-order valence-electron chi connectivity index (χ1n) is 4.31. The predicted octanol–water partition coefficient (Wildman–Crippen LogP) is 0.556. The monoisotopic (exact) mass is 211 g/mol. The third-order valence-electron chi connectivity index (χ3n) is 1.95. The number of H-pyrrole nitrogens is 1. The fraction of sp³-hybridized carbons (Fsp3) is 0.375. The van der Waals surface area contributed by atoms with Gasteiger partial charge in [0.15, 0.2) is 5.52 Å². The molecule has 0 aromatic carbocycles. The Hall–Kier alpha value is -1.43. The molecule has 0 saturated carbocycles. The molecule has 0 saturated heterocycles. The van der Waals surface area contributed by atoms with Crippen LogP contribution in [0, 0.1) is 0 Å². The van der Waals surface area contributed by atoms with Crippen LogP contribution in [0.2, 0.25) is 0 Å². The van der Waals surface area contributed by atoms with Gasteiger partial charge >= 0.3 is 5.69 Å². The number of aromatic amines is 1. The van der Waals surface area contributed by atoms with Crippen molar-refractivity contribution in [3.05, 3.63) is 26.2 Å². The van der Waals surface area contributed by atoms with Crippen LogP contribution in [-0.2, 0) is 6.54 Å². The van der Waals surface area contributed by atoms with Gasteiger partial charge in [-0.3, -0.25) is 9.36 Å². The number of hydrogen-bond acceptors (Lipinski definition) is 4. The highest BCUT2D eigenvalue weighted by Gasteiger charge is 2.07. The maximum atomic E-state index is 11.7. The molecule has 5 nitrogen and oxygen atoms in total. The van der Waals surface area contributed by atoms with Crippen molar-refractivity contribution in [2.24, 2.45) is 0 Å². The first-order valence-corrected chi connectivity index (χ1v) is 5.15. The van der Waals surface area contributed by atoms with Crippen LogP contribution < -0.4 is 11.2 Å². The topological polar surface area (TPSA) is 67.8 Å². The highest BCUT2D eigenvalue weighted by atomic mass is 32.1. The van der Waals surface area contributed by atoms with E-state index in [1.54, 1.807) is 5.38 Å². The quantitative estimate of drug-likeness (QED) is 0.789. The Morgan fingerprint density at radius 3 is 3.07 bits per heavy atom. The molecule has 74 valence electrons. The van der Waals surface area contributed by atoms with Crippen molar-refractivity contribution in [2.75, 3.05) is 0 Å². The molecule has 0 spiro atoms. The smallest absolute Gasteiger partial charge is 0.304 e. The molecule has 2 rings (SSSR count). The van der Waals surface area contributed by atoms with Crippen molar-refractivity contribution in [2.45, 2.75) is 19.9 Å². The Labute approximate surface area is 83.2 Å².